The molecule has 3 rings (SSSR count). The zero-order chi connectivity index (χ0) is 18.8. The molecule has 2 N–H and O–H groups in total. The minimum atomic E-state index is -1.16. The molecule has 0 saturated heterocycles. The van der Waals surface area contributed by atoms with Gasteiger partial charge in [0.05, 0.1) is 0 Å². The number of aromatic hydroxyl groups is 1. The van der Waals surface area contributed by atoms with E-state index in [1.807, 2.05) is 0 Å². The molecule has 2 aromatic rings. The predicted octanol–water partition coefficient (Wildman–Crippen LogP) is 2.46. The molecular weight excluding hydrogens is 346 g/mol. The lowest BCUT2D eigenvalue weighted by Crippen LogP contribution is -2.31. The number of nitrogens with zero attached hydrogens (tertiary/aromatic N) is 1. The number of hydrogen-bond acceptors (Lipinski definition) is 4. The van der Waals surface area contributed by atoms with Gasteiger partial charge in [0, 0.05) is 37.2 Å². The first-order valence-electron chi connectivity index (χ1n) is 7.82. The van der Waals surface area contributed by atoms with E-state index in [1.165, 1.54) is 7.11 Å². The van der Waals surface area contributed by atoms with Crippen molar-refractivity contribution in [3.63, 3.8) is 0 Å². The summed E-state index contributed by atoms with van der Waals surface area (Å²) in [5, 5.41) is 12.1. The van der Waals surface area contributed by atoms with Crippen molar-refractivity contribution in [2.75, 3.05) is 30.5 Å². The molecule has 0 spiro atoms. The molecule has 0 atom stereocenters. The van der Waals surface area contributed by atoms with Crippen molar-refractivity contribution in [3.8, 4) is 5.75 Å². The first-order chi connectivity index (χ1) is 12.4. The monoisotopic (exact) mass is 362 g/mol. The largest absolute Gasteiger partial charge is 0.507 e. The Kier molecular flexibility index (Phi) is 4.85. The molecule has 1 aliphatic heterocycles. The highest BCUT2D eigenvalue weighted by atomic mass is 19.1. The lowest BCUT2D eigenvalue weighted by Gasteiger charge is -2.17. The summed E-state index contributed by atoms with van der Waals surface area (Å²) in [7, 11) is 1.44. The van der Waals surface area contributed by atoms with Gasteiger partial charge in [-0.25, -0.2) is 8.78 Å². The van der Waals surface area contributed by atoms with Crippen LogP contribution in [-0.4, -0.2) is 37.2 Å². The minimum Gasteiger partial charge on any atom is -0.507 e. The molecule has 0 aliphatic carbocycles. The number of amides is 2. The van der Waals surface area contributed by atoms with Gasteiger partial charge < -0.3 is 20.1 Å². The van der Waals surface area contributed by atoms with Crippen molar-refractivity contribution in [1.29, 1.82) is 0 Å². The van der Waals surface area contributed by atoms with E-state index < -0.39 is 28.9 Å². The average molecular weight is 362 g/mol. The van der Waals surface area contributed by atoms with E-state index in [9.17, 15) is 23.5 Å². The molecule has 0 fully saturated rings. The van der Waals surface area contributed by atoms with E-state index in [1.54, 1.807) is 23.1 Å². The Bertz CT molecular complexity index is 862. The minimum absolute atomic E-state index is 0.0267. The number of fused-ring (bicyclic) bond motifs is 1. The van der Waals surface area contributed by atoms with Crippen molar-refractivity contribution < 1.29 is 28.2 Å². The highest BCUT2D eigenvalue weighted by molar-refractivity contribution is 6.06. The summed E-state index contributed by atoms with van der Waals surface area (Å²) >= 11 is 0. The molecule has 0 unspecified atom stereocenters. The second-order valence-electron chi connectivity index (χ2n) is 5.81. The average Bonchev–Trinajstić information content (AvgIpc) is 2.97. The Labute approximate surface area is 148 Å². The molecule has 136 valence electrons. The molecule has 1 heterocycles. The highest BCUT2D eigenvalue weighted by Gasteiger charge is 2.25. The fraction of sp³-hybridized carbons (Fsp3) is 0.222. The van der Waals surface area contributed by atoms with Gasteiger partial charge in [-0.1, -0.05) is 0 Å². The summed E-state index contributed by atoms with van der Waals surface area (Å²) in [5.41, 5.74) is 1.30. The number of hydrogen-bond donors (Lipinski definition) is 2. The molecule has 0 aromatic heterocycles. The van der Waals surface area contributed by atoms with Gasteiger partial charge in [-0.05, 0) is 30.2 Å². The van der Waals surface area contributed by atoms with Gasteiger partial charge in [-0.2, -0.15) is 0 Å². The van der Waals surface area contributed by atoms with E-state index in [4.69, 9.17) is 4.74 Å². The summed E-state index contributed by atoms with van der Waals surface area (Å²) in [6, 6.07) is 6.10. The van der Waals surface area contributed by atoms with Crippen molar-refractivity contribution in [3.05, 3.63) is 53.1 Å². The van der Waals surface area contributed by atoms with E-state index in [0.717, 1.165) is 11.3 Å². The van der Waals surface area contributed by atoms with Gasteiger partial charge in [0.15, 0.2) is 0 Å². The van der Waals surface area contributed by atoms with Crippen LogP contribution in [0.4, 0.5) is 20.2 Å². The number of benzene rings is 2. The number of carbonyl (C=O) groups is 2. The van der Waals surface area contributed by atoms with E-state index >= 15 is 0 Å². The maximum atomic E-state index is 13.8. The molecule has 1 aliphatic rings. The second kappa shape index (κ2) is 7.09. The molecule has 26 heavy (non-hydrogen) atoms. The summed E-state index contributed by atoms with van der Waals surface area (Å²) in [6.07, 6.45) is 0.602. The maximum Gasteiger partial charge on any atom is 0.262 e. The first-order valence-corrected chi connectivity index (χ1v) is 7.82. The van der Waals surface area contributed by atoms with Crippen LogP contribution in [0, 0.1) is 11.6 Å². The van der Waals surface area contributed by atoms with Crippen LogP contribution in [0.2, 0.25) is 0 Å². The van der Waals surface area contributed by atoms with E-state index in [2.05, 4.69) is 5.32 Å². The van der Waals surface area contributed by atoms with Crippen LogP contribution < -0.4 is 10.2 Å². The van der Waals surface area contributed by atoms with Gasteiger partial charge in [-0.15, -0.1) is 0 Å². The third-order valence-corrected chi connectivity index (χ3v) is 4.06. The Hall–Kier alpha value is -3.00. The Morgan fingerprint density at radius 3 is 2.73 bits per heavy atom. The number of phenolic OH excluding ortho intramolecular Hbond substituents is 1. The number of halogens is 2. The third-order valence-electron chi connectivity index (χ3n) is 4.06. The zero-order valence-corrected chi connectivity index (χ0v) is 13.9. The number of nitrogens with one attached hydrogen (secondary N) is 1. The number of methoxy groups -OCH3 is 1. The molecular formula is C18H16F2N2O4. The lowest BCUT2D eigenvalue weighted by atomic mass is 10.1. The summed E-state index contributed by atoms with van der Waals surface area (Å²) < 4.78 is 31.7. The van der Waals surface area contributed by atoms with E-state index in [-0.39, 0.29) is 12.5 Å². The van der Waals surface area contributed by atoms with Gasteiger partial charge in [0.1, 0.15) is 29.6 Å². The second-order valence-corrected chi connectivity index (χ2v) is 5.81. The molecule has 2 amide bonds. The summed E-state index contributed by atoms with van der Waals surface area (Å²) in [4.78, 5) is 25.8. The Morgan fingerprint density at radius 1 is 1.27 bits per heavy atom. The number of carbonyl (C=O) groups excluding carboxylic acids is 2. The number of anilines is 2. The van der Waals surface area contributed by atoms with Crippen LogP contribution in [-0.2, 0) is 16.0 Å². The Morgan fingerprint density at radius 2 is 2.04 bits per heavy atom. The molecule has 2 aromatic carbocycles. The van der Waals surface area contributed by atoms with Crippen LogP contribution >= 0.6 is 0 Å². The fourth-order valence-electron chi connectivity index (χ4n) is 2.92. The van der Waals surface area contributed by atoms with Crippen LogP contribution in [0.5, 0.6) is 5.75 Å². The summed E-state index contributed by atoms with van der Waals surface area (Å²) in [5.74, 6) is -3.98. The maximum absolute atomic E-state index is 13.8. The standard InChI is InChI=1S/C18H16F2N2O4/c1-26-9-16(24)22-5-4-10-6-12(2-3-14(10)22)21-18(25)17-13(20)7-11(19)8-15(17)23/h2-3,6-8,23H,4-5,9H2,1H3,(H,21,25). The highest BCUT2D eigenvalue weighted by Crippen LogP contribution is 2.31. The normalized spacial score (nSPS) is 12.8. The van der Waals surface area contributed by atoms with Gasteiger partial charge in [0.25, 0.3) is 11.8 Å². The van der Waals surface area contributed by atoms with Crippen LogP contribution in [0.3, 0.4) is 0 Å². The lowest BCUT2D eigenvalue weighted by molar-refractivity contribution is -0.122. The van der Waals surface area contributed by atoms with Gasteiger partial charge >= 0.3 is 0 Å². The number of phenols is 1. The fourth-order valence-corrected chi connectivity index (χ4v) is 2.92. The topological polar surface area (TPSA) is 78.9 Å². The van der Waals surface area contributed by atoms with Crippen molar-refractivity contribution in [2.45, 2.75) is 6.42 Å². The smallest absolute Gasteiger partial charge is 0.262 e. The van der Waals surface area contributed by atoms with E-state index in [0.29, 0.717) is 30.8 Å². The Balaban J connectivity index is 1.81. The van der Waals surface area contributed by atoms with Crippen LogP contribution in [0.1, 0.15) is 15.9 Å². The molecule has 0 saturated carbocycles. The predicted molar refractivity (Wildman–Crippen MR) is 90.4 cm³/mol. The molecule has 6 nitrogen and oxygen atoms in total. The van der Waals surface area contributed by atoms with Gasteiger partial charge in [0.2, 0.25) is 0 Å². The third kappa shape index (κ3) is 3.36. The van der Waals surface area contributed by atoms with Crippen LogP contribution in [0.25, 0.3) is 0 Å². The SMILES string of the molecule is COCC(=O)N1CCc2cc(NC(=O)c3c(O)cc(F)cc3F)ccc21. The quantitative estimate of drug-likeness (QED) is 0.876. The number of rotatable bonds is 4. The van der Waals surface area contributed by atoms with Crippen molar-refractivity contribution >= 4 is 23.2 Å². The molecule has 0 radical (unpaired) electrons. The van der Waals surface area contributed by atoms with Crippen molar-refractivity contribution in [1.82, 2.24) is 0 Å². The van der Waals surface area contributed by atoms with Crippen LogP contribution in [0.15, 0.2) is 30.3 Å². The summed E-state index contributed by atoms with van der Waals surface area (Å²) in [6.45, 7) is 0.476. The first kappa shape index (κ1) is 17.8. The molecule has 8 heteroatoms. The molecule has 0 bridgehead atoms. The van der Waals surface area contributed by atoms with Gasteiger partial charge in [-0.3, -0.25) is 9.59 Å². The van der Waals surface area contributed by atoms with Crippen molar-refractivity contribution in [2.24, 2.45) is 0 Å². The zero-order valence-electron chi connectivity index (χ0n) is 13.9. The number of ether oxygens (including phenoxy) is 1.